The molecule has 4 nitrogen and oxygen atoms in total. The van der Waals surface area contributed by atoms with Crippen LogP contribution in [0.5, 0.6) is 0 Å². The Hall–Kier alpha value is -3.36. The molecule has 0 spiro atoms. The molecule has 9 heteroatoms. The summed E-state index contributed by atoms with van der Waals surface area (Å²) in [6.45, 7) is 0.0797. The van der Waals surface area contributed by atoms with E-state index in [-0.39, 0.29) is 17.9 Å². The van der Waals surface area contributed by atoms with E-state index in [1.54, 1.807) is 6.07 Å². The number of aromatic nitrogens is 4. The van der Waals surface area contributed by atoms with Crippen LogP contribution in [0.3, 0.4) is 0 Å². The van der Waals surface area contributed by atoms with Gasteiger partial charge in [0, 0.05) is 0 Å². The third kappa shape index (κ3) is 3.42. The van der Waals surface area contributed by atoms with Gasteiger partial charge < -0.3 is 0 Å². The normalized spacial score (nSPS) is 11.9. The second-order valence-corrected chi connectivity index (χ2v) is 6.09. The third-order valence-electron chi connectivity index (χ3n) is 4.11. The molecule has 28 heavy (non-hydrogen) atoms. The first-order chi connectivity index (χ1) is 13.3. The second-order valence-electron chi connectivity index (χ2n) is 6.09. The monoisotopic (exact) mass is 390 g/mol. The van der Waals surface area contributed by atoms with Gasteiger partial charge in [-0.05, 0) is 29.8 Å². The Labute approximate surface area is 155 Å². The van der Waals surface area contributed by atoms with Crippen molar-refractivity contribution in [1.82, 2.24) is 19.7 Å². The minimum absolute atomic E-state index is 0.00520. The highest BCUT2D eigenvalue weighted by molar-refractivity contribution is 5.65. The van der Waals surface area contributed by atoms with E-state index < -0.39 is 23.4 Å². The summed E-state index contributed by atoms with van der Waals surface area (Å²) in [6.07, 6.45) is -1.57. The third-order valence-corrected chi connectivity index (χ3v) is 4.11. The molecule has 2 aromatic carbocycles. The summed E-state index contributed by atoms with van der Waals surface area (Å²) in [7, 11) is 0. The Morgan fingerprint density at radius 3 is 2.46 bits per heavy atom. The van der Waals surface area contributed by atoms with Gasteiger partial charge in [0.1, 0.15) is 11.4 Å². The van der Waals surface area contributed by atoms with Crippen LogP contribution in [0.1, 0.15) is 11.1 Å². The van der Waals surface area contributed by atoms with E-state index in [1.165, 1.54) is 35.3 Å². The molecule has 0 atom stereocenters. The number of halogens is 5. The van der Waals surface area contributed by atoms with E-state index in [9.17, 15) is 22.0 Å². The number of imidazole rings is 1. The lowest BCUT2D eigenvalue weighted by molar-refractivity contribution is -0.137. The second kappa shape index (κ2) is 6.66. The molecule has 0 saturated heterocycles. The summed E-state index contributed by atoms with van der Waals surface area (Å²) in [5, 5.41) is 4.11. The summed E-state index contributed by atoms with van der Waals surface area (Å²) in [5.41, 5.74) is 0.298. The van der Waals surface area contributed by atoms with Crippen molar-refractivity contribution >= 4 is 0 Å². The molecule has 2 aliphatic rings. The molecular weight excluding hydrogens is 379 g/mol. The zero-order valence-corrected chi connectivity index (χ0v) is 14.1. The van der Waals surface area contributed by atoms with Gasteiger partial charge in [0.05, 0.1) is 30.1 Å². The maximum Gasteiger partial charge on any atom is 0.416 e. The van der Waals surface area contributed by atoms with Crippen molar-refractivity contribution in [2.45, 2.75) is 12.7 Å². The number of fused-ring (bicyclic) bond motifs is 1. The fourth-order valence-corrected chi connectivity index (χ4v) is 2.78. The molecule has 2 aromatic rings. The molecule has 142 valence electrons. The van der Waals surface area contributed by atoms with Gasteiger partial charge in [-0.1, -0.05) is 18.2 Å². The fourth-order valence-electron chi connectivity index (χ4n) is 2.78. The predicted octanol–water partition coefficient (Wildman–Crippen LogP) is 4.79. The minimum atomic E-state index is -4.43. The highest BCUT2D eigenvalue weighted by Crippen LogP contribution is 2.30. The van der Waals surface area contributed by atoms with Crippen LogP contribution in [-0.2, 0) is 12.7 Å². The fraction of sp³-hybridized carbons (Fsp3) is 0.105. The Balaban J connectivity index is 1.66. The van der Waals surface area contributed by atoms with E-state index in [2.05, 4.69) is 15.1 Å². The largest absolute Gasteiger partial charge is 0.416 e. The van der Waals surface area contributed by atoms with Crippen LogP contribution in [0.4, 0.5) is 22.0 Å². The number of rotatable bonds is 3. The number of nitrogens with zero attached hydrogens (tertiary/aromatic N) is 4. The van der Waals surface area contributed by atoms with Crippen molar-refractivity contribution in [3.05, 3.63) is 77.6 Å². The molecule has 0 aromatic heterocycles. The summed E-state index contributed by atoms with van der Waals surface area (Å²) >= 11 is 0. The number of hydrogen-bond acceptors (Lipinski definition) is 3. The first-order valence-corrected chi connectivity index (χ1v) is 8.12. The van der Waals surface area contributed by atoms with E-state index in [4.69, 9.17) is 0 Å². The van der Waals surface area contributed by atoms with Crippen LogP contribution >= 0.6 is 0 Å². The molecular formula is C19H11F5N4. The summed E-state index contributed by atoms with van der Waals surface area (Å²) < 4.78 is 67.3. The van der Waals surface area contributed by atoms with Gasteiger partial charge >= 0.3 is 6.18 Å². The van der Waals surface area contributed by atoms with Crippen molar-refractivity contribution < 1.29 is 22.0 Å². The van der Waals surface area contributed by atoms with Crippen LogP contribution in [0, 0.1) is 11.6 Å². The summed E-state index contributed by atoms with van der Waals surface area (Å²) in [4.78, 5) is 8.32. The number of alkyl halides is 3. The van der Waals surface area contributed by atoms with Gasteiger partial charge in [0.25, 0.3) is 0 Å². The van der Waals surface area contributed by atoms with Crippen molar-refractivity contribution in [2.75, 3.05) is 0 Å². The van der Waals surface area contributed by atoms with E-state index in [0.29, 0.717) is 17.0 Å². The molecule has 0 amide bonds. The molecule has 2 aliphatic heterocycles. The Morgan fingerprint density at radius 2 is 1.68 bits per heavy atom. The smallest absolute Gasteiger partial charge is 0.266 e. The van der Waals surface area contributed by atoms with Gasteiger partial charge in [-0.2, -0.15) is 18.3 Å². The zero-order valence-electron chi connectivity index (χ0n) is 14.1. The van der Waals surface area contributed by atoms with E-state index >= 15 is 0 Å². The van der Waals surface area contributed by atoms with Gasteiger partial charge in [0.2, 0.25) is 0 Å². The van der Waals surface area contributed by atoms with E-state index in [0.717, 1.165) is 18.2 Å². The highest BCUT2D eigenvalue weighted by Gasteiger charge is 2.30. The SMILES string of the molecule is Fc1cccc(-c2nc3cnn(Cc4cccc(C(F)(F)F)c4)cc-3n2)c1F. The van der Waals surface area contributed by atoms with Crippen molar-refractivity contribution in [3.63, 3.8) is 0 Å². The first-order valence-electron chi connectivity index (χ1n) is 8.12. The average molecular weight is 390 g/mol. The lowest BCUT2D eigenvalue weighted by atomic mass is 10.1. The summed E-state index contributed by atoms with van der Waals surface area (Å²) in [5.74, 6) is -2.06. The molecule has 0 saturated carbocycles. The molecule has 2 heterocycles. The Morgan fingerprint density at radius 1 is 0.929 bits per heavy atom. The summed E-state index contributed by atoms with van der Waals surface area (Å²) in [6, 6.07) is 8.61. The van der Waals surface area contributed by atoms with Crippen molar-refractivity contribution in [1.29, 1.82) is 0 Å². The molecule has 4 rings (SSSR count). The minimum Gasteiger partial charge on any atom is -0.266 e. The van der Waals surface area contributed by atoms with Crippen LogP contribution in [0.15, 0.2) is 54.9 Å². The lowest BCUT2D eigenvalue weighted by Crippen LogP contribution is -2.08. The maximum atomic E-state index is 13.9. The molecule has 0 bridgehead atoms. The zero-order chi connectivity index (χ0) is 19.9. The van der Waals surface area contributed by atoms with Crippen LogP contribution in [-0.4, -0.2) is 19.7 Å². The quantitative estimate of drug-likeness (QED) is 0.473. The number of hydrogen-bond donors (Lipinski definition) is 0. The van der Waals surface area contributed by atoms with Gasteiger partial charge in [-0.3, -0.25) is 4.68 Å². The molecule has 0 N–H and O–H groups in total. The van der Waals surface area contributed by atoms with Crippen LogP contribution in [0.25, 0.3) is 22.8 Å². The Bertz CT molecular complexity index is 1120. The first kappa shape index (κ1) is 18.0. The van der Waals surface area contributed by atoms with Gasteiger partial charge in [-0.25, -0.2) is 18.7 Å². The lowest BCUT2D eigenvalue weighted by Gasteiger charge is -2.10. The molecule has 0 aliphatic carbocycles. The standard InChI is InChI=1S/C19H11F5N4/c20-14-6-2-5-13(17(14)21)18-26-15-8-25-28(10-16(15)27-18)9-11-3-1-4-12(7-11)19(22,23)24/h1-8,10H,9H2. The van der Waals surface area contributed by atoms with Crippen molar-refractivity contribution in [2.24, 2.45) is 0 Å². The van der Waals surface area contributed by atoms with Crippen LogP contribution in [0.2, 0.25) is 0 Å². The molecule has 0 fully saturated rings. The maximum absolute atomic E-state index is 13.9. The predicted molar refractivity (Wildman–Crippen MR) is 90.3 cm³/mol. The highest BCUT2D eigenvalue weighted by atomic mass is 19.4. The van der Waals surface area contributed by atoms with E-state index in [1.807, 2.05) is 0 Å². The van der Waals surface area contributed by atoms with Gasteiger partial charge in [0.15, 0.2) is 17.5 Å². The molecule has 0 unspecified atom stereocenters. The van der Waals surface area contributed by atoms with Crippen LogP contribution < -0.4 is 0 Å². The van der Waals surface area contributed by atoms with Gasteiger partial charge in [-0.15, -0.1) is 0 Å². The Kier molecular flexibility index (Phi) is 4.29. The topological polar surface area (TPSA) is 43.6 Å². The average Bonchev–Trinajstić information content (AvgIpc) is 3.06. The van der Waals surface area contributed by atoms with Crippen molar-refractivity contribution in [3.8, 4) is 22.8 Å². The number of benzene rings is 2. The molecule has 0 radical (unpaired) electrons.